The van der Waals surface area contributed by atoms with Crippen LogP contribution >= 0.6 is 11.6 Å². The van der Waals surface area contributed by atoms with E-state index in [1.54, 1.807) is 18.3 Å². The second-order valence-electron chi connectivity index (χ2n) is 7.83. The van der Waals surface area contributed by atoms with Crippen molar-refractivity contribution in [2.75, 3.05) is 20.2 Å². The minimum absolute atomic E-state index is 0.146. The van der Waals surface area contributed by atoms with Crippen LogP contribution in [0.1, 0.15) is 48.7 Å². The maximum absolute atomic E-state index is 12.5. The maximum Gasteiger partial charge on any atom is 0.251 e. The summed E-state index contributed by atoms with van der Waals surface area (Å²) in [4.78, 5) is 28.3. The lowest BCUT2D eigenvalue weighted by Crippen LogP contribution is -2.22. The Kier molecular flexibility index (Phi) is 8.58. The number of hydrogen-bond donors (Lipinski definition) is 2. The molecule has 0 aliphatic rings. The first-order valence-corrected chi connectivity index (χ1v) is 11.1. The van der Waals surface area contributed by atoms with E-state index >= 15 is 0 Å². The lowest BCUT2D eigenvalue weighted by atomic mass is 9.97. The molecule has 0 saturated carbocycles. The first-order valence-electron chi connectivity index (χ1n) is 10.8. The smallest absolute Gasteiger partial charge is 0.251 e. The number of aryl methyl sites for hydroxylation is 1. The van der Waals surface area contributed by atoms with Crippen molar-refractivity contribution in [1.82, 2.24) is 15.6 Å². The average molecular weight is 466 g/mol. The number of pyridine rings is 1. The topological polar surface area (TPSA) is 80.3 Å². The van der Waals surface area contributed by atoms with Gasteiger partial charge in [0.15, 0.2) is 6.29 Å². The van der Waals surface area contributed by atoms with Crippen molar-refractivity contribution in [3.05, 3.63) is 92.8 Å². The predicted molar refractivity (Wildman–Crippen MR) is 130 cm³/mol. The summed E-state index contributed by atoms with van der Waals surface area (Å²) in [5.41, 5.74) is 5.71. The molecule has 0 spiro atoms. The van der Waals surface area contributed by atoms with Crippen molar-refractivity contribution in [3.63, 3.8) is 0 Å². The van der Waals surface area contributed by atoms with Crippen molar-refractivity contribution in [2.45, 2.75) is 26.8 Å². The van der Waals surface area contributed by atoms with Crippen LogP contribution in [0.3, 0.4) is 0 Å². The summed E-state index contributed by atoms with van der Waals surface area (Å²) in [7, 11) is 1.83. The molecule has 0 bridgehead atoms. The van der Waals surface area contributed by atoms with Gasteiger partial charge in [-0.15, -0.1) is 0 Å². The Morgan fingerprint density at radius 1 is 1.12 bits per heavy atom. The standard InChI is InChI=1S/C26H28ClN3O3/c1-17-4-5-20(14-29-17)15-30-26(32)21-8-6-19(7-9-21)12-22-13-23(16-31)25(24(27)18(22)2)33-11-10-28-3/h4-9,13-14,16,28H,10-12,15H2,1-3H3,(H,30,32). The zero-order valence-electron chi connectivity index (χ0n) is 19.1. The number of likely N-dealkylation sites (N-methyl/N-ethyl adjacent to an activating group) is 1. The summed E-state index contributed by atoms with van der Waals surface area (Å²) in [5.74, 6) is 0.270. The van der Waals surface area contributed by atoms with E-state index in [0.717, 1.165) is 34.2 Å². The largest absolute Gasteiger partial charge is 0.490 e. The van der Waals surface area contributed by atoms with Crippen LogP contribution in [0.2, 0.25) is 5.02 Å². The molecule has 1 aromatic heterocycles. The number of aldehydes is 1. The quantitative estimate of drug-likeness (QED) is 0.345. The fourth-order valence-electron chi connectivity index (χ4n) is 3.35. The first-order chi connectivity index (χ1) is 15.9. The summed E-state index contributed by atoms with van der Waals surface area (Å²) in [6, 6.07) is 13.1. The maximum atomic E-state index is 12.5. The zero-order chi connectivity index (χ0) is 23.8. The van der Waals surface area contributed by atoms with Crippen molar-refractivity contribution >= 4 is 23.8 Å². The van der Waals surface area contributed by atoms with E-state index in [9.17, 15) is 9.59 Å². The number of carbonyl (C=O) groups is 2. The number of amides is 1. The number of carbonyl (C=O) groups excluding carboxylic acids is 2. The molecular formula is C26H28ClN3O3. The van der Waals surface area contributed by atoms with Gasteiger partial charge in [-0.05, 0) is 73.8 Å². The summed E-state index contributed by atoms with van der Waals surface area (Å²) >= 11 is 6.53. The highest BCUT2D eigenvalue weighted by molar-refractivity contribution is 6.33. The highest BCUT2D eigenvalue weighted by atomic mass is 35.5. The molecule has 0 fully saturated rings. The van der Waals surface area contributed by atoms with Crippen LogP contribution in [0.25, 0.3) is 0 Å². The van der Waals surface area contributed by atoms with E-state index < -0.39 is 0 Å². The lowest BCUT2D eigenvalue weighted by molar-refractivity contribution is 0.0950. The Bertz CT molecular complexity index is 1110. The molecule has 3 aromatic rings. The molecule has 0 aliphatic heterocycles. The van der Waals surface area contributed by atoms with Gasteiger partial charge in [-0.2, -0.15) is 0 Å². The average Bonchev–Trinajstić information content (AvgIpc) is 2.83. The molecule has 0 unspecified atom stereocenters. The molecule has 1 heterocycles. The molecule has 2 aromatic carbocycles. The van der Waals surface area contributed by atoms with Gasteiger partial charge in [0.2, 0.25) is 0 Å². The van der Waals surface area contributed by atoms with Gasteiger partial charge in [-0.25, -0.2) is 0 Å². The van der Waals surface area contributed by atoms with Gasteiger partial charge in [-0.3, -0.25) is 14.6 Å². The summed E-state index contributed by atoms with van der Waals surface area (Å²) in [6.07, 6.45) is 3.11. The second kappa shape index (κ2) is 11.6. The molecule has 33 heavy (non-hydrogen) atoms. The van der Waals surface area contributed by atoms with Crippen molar-refractivity contribution < 1.29 is 14.3 Å². The number of ether oxygens (including phenoxy) is 1. The molecule has 172 valence electrons. The Balaban J connectivity index is 1.68. The third-order valence-corrected chi connectivity index (χ3v) is 5.82. The monoisotopic (exact) mass is 465 g/mol. The predicted octanol–water partition coefficient (Wildman–Crippen LogP) is 4.28. The molecule has 0 saturated heterocycles. The van der Waals surface area contributed by atoms with E-state index in [-0.39, 0.29) is 5.91 Å². The molecule has 2 N–H and O–H groups in total. The zero-order valence-corrected chi connectivity index (χ0v) is 19.8. The molecular weight excluding hydrogens is 438 g/mol. The van der Waals surface area contributed by atoms with E-state index in [4.69, 9.17) is 16.3 Å². The Morgan fingerprint density at radius 2 is 1.85 bits per heavy atom. The minimum Gasteiger partial charge on any atom is -0.490 e. The number of nitrogens with zero attached hydrogens (tertiary/aromatic N) is 1. The SMILES string of the molecule is CNCCOc1c(C=O)cc(Cc2ccc(C(=O)NCc3ccc(C)nc3)cc2)c(C)c1Cl. The minimum atomic E-state index is -0.146. The van der Waals surface area contributed by atoms with Crippen LogP contribution < -0.4 is 15.4 Å². The van der Waals surface area contributed by atoms with E-state index in [2.05, 4.69) is 15.6 Å². The Hall–Kier alpha value is -3.22. The number of nitrogens with one attached hydrogen (secondary N) is 2. The van der Waals surface area contributed by atoms with Crippen LogP contribution in [-0.2, 0) is 13.0 Å². The van der Waals surface area contributed by atoms with E-state index in [0.29, 0.717) is 48.0 Å². The van der Waals surface area contributed by atoms with Crippen molar-refractivity contribution in [2.24, 2.45) is 0 Å². The normalized spacial score (nSPS) is 10.7. The lowest BCUT2D eigenvalue weighted by Gasteiger charge is -2.16. The van der Waals surface area contributed by atoms with Gasteiger partial charge in [-0.1, -0.05) is 29.8 Å². The third kappa shape index (κ3) is 6.40. The molecule has 0 radical (unpaired) electrons. The fourth-order valence-corrected chi connectivity index (χ4v) is 3.64. The van der Waals surface area contributed by atoms with E-state index in [1.165, 1.54) is 0 Å². The summed E-state index contributed by atoms with van der Waals surface area (Å²) < 4.78 is 5.71. The van der Waals surface area contributed by atoms with E-state index in [1.807, 2.05) is 51.2 Å². The van der Waals surface area contributed by atoms with Crippen molar-refractivity contribution in [3.8, 4) is 5.75 Å². The molecule has 6 nitrogen and oxygen atoms in total. The molecule has 3 rings (SSSR count). The van der Waals surface area contributed by atoms with Crippen LogP contribution in [0.5, 0.6) is 5.75 Å². The van der Waals surface area contributed by atoms with Gasteiger partial charge in [0.25, 0.3) is 5.91 Å². The first kappa shape index (κ1) is 24.4. The van der Waals surface area contributed by atoms with Crippen LogP contribution in [-0.4, -0.2) is 37.4 Å². The van der Waals surface area contributed by atoms with Crippen LogP contribution in [0.15, 0.2) is 48.7 Å². The highest BCUT2D eigenvalue weighted by Gasteiger charge is 2.16. The fraction of sp³-hybridized carbons (Fsp3) is 0.269. The number of benzene rings is 2. The number of hydrogen-bond acceptors (Lipinski definition) is 5. The summed E-state index contributed by atoms with van der Waals surface area (Å²) in [6.45, 7) is 5.32. The van der Waals surface area contributed by atoms with Gasteiger partial charge in [0.05, 0.1) is 10.6 Å². The molecule has 0 atom stereocenters. The second-order valence-corrected chi connectivity index (χ2v) is 8.21. The molecule has 7 heteroatoms. The van der Waals surface area contributed by atoms with Crippen LogP contribution in [0, 0.1) is 13.8 Å². The van der Waals surface area contributed by atoms with Gasteiger partial charge in [0, 0.05) is 30.5 Å². The van der Waals surface area contributed by atoms with Crippen molar-refractivity contribution in [1.29, 1.82) is 0 Å². The molecule has 0 aliphatic carbocycles. The third-order valence-electron chi connectivity index (χ3n) is 5.36. The number of rotatable bonds is 10. The Morgan fingerprint density at radius 3 is 2.48 bits per heavy atom. The Labute approximate surface area is 199 Å². The van der Waals surface area contributed by atoms with Crippen LogP contribution in [0.4, 0.5) is 0 Å². The molecule has 1 amide bonds. The summed E-state index contributed by atoms with van der Waals surface area (Å²) in [5, 5.41) is 6.36. The van der Waals surface area contributed by atoms with Gasteiger partial charge in [0.1, 0.15) is 12.4 Å². The van der Waals surface area contributed by atoms with Gasteiger partial charge >= 0.3 is 0 Å². The van der Waals surface area contributed by atoms with Gasteiger partial charge < -0.3 is 15.4 Å². The number of halogens is 1. The number of aromatic nitrogens is 1. The highest BCUT2D eigenvalue weighted by Crippen LogP contribution is 2.34.